The number of nitrogens with zero attached hydrogens (tertiary/aromatic N) is 5. The molecule has 0 spiro atoms. The van der Waals surface area contributed by atoms with E-state index in [0.717, 1.165) is 23.5 Å². The first-order valence-electron chi connectivity index (χ1n) is 10.2. The monoisotopic (exact) mass is 401 g/mol. The number of hydrogen-bond donors (Lipinski definition) is 0. The lowest BCUT2D eigenvalue weighted by molar-refractivity contribution is -0.130. The predicted octanol–water partition coefficient (Wildman–Crippen LogP) is 3.81. The van der Waals surface area contributed by atoms with Crippen molar-refractivity contribution < 1.29 is 9.21 Å². The molecule has 3 aromatic rings. The van der Waals surface area contributed by atoms with Gasteiger partial charge in [0.05, 0.1) is 11.7 Å². The highest BCUT2D eigenvalue weighted by molar-refractivity contribution is 5.96. The number of benzene rings is 1. The van der Waals surface area contributed by atoms with Gasteiger partial charge in [0.15, 0.2) is 5.82 Å². The number of oxazole rings is 1. The number of allylic oxidation sites excluding steroid dienone is 2. The molecule has 2 aromatic heterocycles. The Hall–Kier alpha value is -3.48. The zero-order valence-corrected chi connectivity index (χ0v) is 17.0. The lowest BCUT2D eigenvalue weighted by Gasteiger charge is -2.34. The highest BCUT2D eigenvalue weighted by atomic mass is 16.3. The van der Waals surface area contributed by atoms with Gasteiger partial charge in [0.2, 0.25) is 5.82 Å². The van der Waals surface area contributed by atoms with Gasteiger partial charge in [0.25, 0.3) is 11.8 Å². The summed E-state index contributed by atoms with van der Waals surface area (Å²) in [5.41, 5.74) is 2.81. The molecule has 0 saturated carbocycles. The van der Waals surface area contributed by atoms with Gasteiger partial charge >= 0.3 is 0 Å². The maximum atomic E-state index is 13.2. The zero-order chi connectivity index (χ0) is 20.7. The van der Waals surface area contributed by atoms with Gasteiger partial charge in [-0.05, 0) is 25.8 Å². The molecular formula is C23H23N5O2. The lowest BCUT2D eigenvalue weighted by atomic mass is 9.90. The molecule has 0 fully saturated rings. The van der Waals surface area contributed by atoms with Crippen LogP contribution in [0, 0.1) is 6.92 Å². The normalized spacial score (nSPS) is 20.7. The summed E-state index contributed by atoms with van der Waals surface area (Å²) in [5.74, 6) is 2.18. The minimum atomic E-state index is -0.176. The Bertz CT molecular complexity index is 1140. The average Bonchev–Trinajstić information content (AvgIpc) is 3.41. The molecule has 3 heterocycles. The van der Waals surface area contributed by atoms with Crippen LogP contribution >= 0.6 is 0 Å². The molecule has 0 N–H and O–H groups in total. The Labute approximate surface area is 174 Å². The molecule has 30 heavy (non-hydrogen) atoms. The largest absolute Gasteiger partial charge is 0.442 e. The summed E-state index contributed by atoms with van der Waals surface area (Å²) in [6.07, 6.45) is 8.56. The van der Waals surface area contributed by atoms with Crippen molar-refractivity contribution in [2.75, 3.05) is 6.54 Å². The second-order valence-electron chi connectivity index (χ2n) is 7.77. The van der Waals surface area contributed by atoms with Crippen molar-refractivity contribution in [2.45, 2.75) is 38.8 Å². The minimum absolute atomic E-state index is 0.0352. The Morgan fingerprint density at radius 3 is 2.70 bits per heavy atom. The molecule has 1 aliphatic heterocycles. The summed E-state index contributed by atoms with van der Waals surface area (Å²) < 4.78 is 7.49. The van der Waals surface area contributed by atoms with Crippen molar-refractivity contribution in [1.29, 1.82) is 0 Å². The van der Waals surface area contributed by atoms with Crippen LogP contribution in [0.2, 0.25) is 0 Å². The van der Waals surface area contributed by atoms with Gasteiger partial charge in [-0.25, -0.2) is 4.98 Å². The number of carbonyl (C=O) groups is 1. The first-order valence-corrected chi connectivity index (χ1v) is 10.2. The fourth-order valence-corrected chi connectivity index (χ4v) is 4.17. The lowest BCUT2D eigenvalue weighted by Crippen LogP contribution is -2.42. The molecule has 152 valence electrons. The SMILES string of the molecule is Cc1coc(-c2nnc3n2CCN(C(=O)C2=CCC(c4ccccc4)C=C2)[C@@H]3C)n1. The second-order valence-corrected chi connectivity index (χ2v) is 7.77. The third-order valence-corrected chi connectivity index (χ3v) is 5.83. The number of aromatic nitrogens is 4. The number of rotatable bonds is 3. The van der Waals surface area contributed by atoms with E-state index < -0.39 is 0 Å². The van der Waals surface area contributed by atoms with Gasteiger partial charge < -0.3 is 13.9 Å². The van der Waals surface area contributed by atoms with E-state index in [0.29, 0.717) is 30.7 Å². The van der Waals surface area contributed by atoms with Crippen LogP contribution in [0.1, 0.15) is 42.4 Å². The van der Waals surface area contributed by atoms with Crippen LogP contribution in [0.3, 0.4) is 0 Å². The predicted molar refractivity (Wildman–Crippen MR) is 111 cm³/mol. The number of fused-ring (bicyclic) bond motifs is 1. The molecule has 0 saturated heterocycles. The van der Waals surface area contributed by atoms with E-state index in [1.807, 2.05) is 53.7 Å². The van der Waals surface area contributed by atoms with Crippen molar-refractivity contribution >= 4 is 5.91 Å². The first-order chi connectivity index (χ1) is 14.6. The van der Waals surface area contributed by atoms with Crippen LogP contribution in [0.5, 0.6) is 0 Å². The molecule has 5 rings (SSSR count). The van der Waals surface area contributed by atoms with Crippen LogP contribution in [0.4, 0.5) is 0 Å². The summed E-state index contributed by atoms with van der Waals surface area (Å²) in [6.45, 7) is 5.06. The summed E-state index contributed by atoms with van der Waals surface area (Å²) in [4.78, 5) is 19.4. The van der Waals surface area contributed by atoms with E-state index in [-0.39, 0.29) is 11.9 Å². The van der Waals surface area contributed by atoms with E-state index in [1.54, 1.807) is 6.26 Å². The Morgan fingerprint density at radius 2 is 2.00 bits per heavy atom. The van der Waals surface area contributed by atoms with Crippen molar-refractivity contribution in [2.24, 2.45) is 0 Å². The maximum Gasteiger partial charge on any atom is 0.265 e. The molecule has 1 unspecified atom stereocenters. The third kappa shape index (κ3) is 3.16. The molecule has 2 atom stereocenters. The molecule has 7 heteroatoms. The Kier molecular flexibility index (Phi) is 4.58. The molecule has 2 aliphatic rings. The quantitative estimate of drug-likeness (QED) is 0.667. The molecule has 0 bridgehead atoms. The smallest absolute Gasteiger partial charge is 0.265 e. The summed E-state index contributed by atoms with van der Waals surface area (Å²) in [6, 6.07) is 10.2. The fourth-order valence-electron chi connectivity index (χ4n) is 4.17. The molecule has 1 amide bonds. The van der Waals surface area contributed by atoms with E-state index in [2.05, 4.69) is 33.4 Å². The van der Waals surface area contributed by atoms with Crippen LogP contribution in [-0.2, 0) is 11.3 Å². The summed E-state index contributed by atoms with van der Waals surface area (Å²) in [7, 11) is 0. The van der Waals surface area contributed by atoms with Crippen LogP contribution in [0.15, 0.2) is 64.8 Å². The number of carbonyl (C=O) groups excluding carboxylic acids is 1. The van der Waals surface area contributed by atoms with Gasteiger partial charge in [-0.2, -0.15) is 0 Å². The van der Waals surface area contributed by atoms with Gasteiger partial charge in [-0.1, -0.05) is 48.6 Å². The highest BCUT2D eigenvalue weighted by Crippen LogP contribution is 2.31. The van der Waals surface area contributed by atoms with E-state index in [4.69, 9.17) is 4.42 Å². The van der Waals surface area contributed by atoms with E-state index in [9.17, 15) is 4.79 Å². The summed E-state index contributed by atoms with van der Waals surface area (Å²) in [5, 5.41) is 8.61. The second kappa shape index (κ2) is 7.40. The van der Waals surface area contributed by atoms with E-state index in [1.165, 1.54) is 5.56 Å². The first kappa shape index (κ1) is 18.5. The van der Waals surface area contributed by atoms with Gasteiger partial charge in [-0.15, -0.1) is 10.2 Å². The van der Waals surface area contributed by atoms with Crippen LogP contribution in [-0.4, -0.2) is 37.1 Å². The molecule has 7 nitrogen and oxygen atoms in total. The number of hydrogen-bond acceptors (Lipinski definition) is 5. The topological polar surface area (TPSA) is 77.0 Å². The standard InChI is InChI=1S/C23H23N5O2/c1-15-14-30-22(24-15)21-26-25-20-16(2)27(12-13-28(20)21)23(29)19-10-8-18(9-11-19)17-6-4-3-5-7-17/h3-8,10-11,14,16,18H,9,12-13H2,1-2H3/t16-,18?/m1/s1. The molecular weight excluding hydrogens is 378 g/mol. The number of aryl methyl sites for hydroxylation is 1. The molecule has 1 aliphatic carbocycles. The summed E-state index contributed by atoms with van der Waals surface area (Å²) >= 11 is 0. The third-order valence-electron chi connectivity index (χ3n) is 5.83. The molecule has 0 radical (unpaired) electrons. The van der Waals surface area contributed by atoms with Crippen LogP contribution in [0.25, 0.3) is 11.7 Å². The minimum Gasteiger partial charge on any atom is -0.442 e. The highest BCUT2D eigenvalue weighted by Gasteiger charge is 2.33. The van der Waals surface area contributed by atoms with Gasteiger partial charge in [0, 0.05) is 24.6 Å². The van der Waals surface area contributed by atoms with Crippen molar-refractivity contribution in [3.05, 3.63) is 77.5 Å². The zero-order valence-electron chi connectivity index (χ0n) is 17.0. The average molecular weight is 401 g/mol. The van der Waals surface area contributed by atoms with Crippen molar-refractivity contribution in [1.82, 2.24) is 24.6 Å². The van der Waals surface area contributed by atoms with Crippen molar-refractivity contribution in [3.63, 3.8) is 0 Å². The molecule has 1 aromatic carbocycles. The van der Waals surface area contributed by atoms with Gasteiger partial charge in [0.1, 0.15) is 6.26 Å². The maximum absolute atomic E-state index is 13.2. The van der Waals surface area contributed by atoms with E-state index >= 15 is 0 Å². The Balaban J connectivity index is 1.33. The van der Waals surface area contributed by atoms with Crippen molar-refractivity contribution in [3.8, 4) is 11.7 Å². The van der Waals surface area contributed by atoms with Gasteiger partial charge in [-0.3, -0.25) is 4.79 Å². The Morgan fingerprint density at radius 1 is 1.17 bits per heavy atom. The van der Waals surface area contributed by atoms with Crippen LogP contribution < -0.4 is 0 Å². The number of amides is 1. The fraction of sp³-hybridized carbons (Fsp3) is 0.304.